The standard InChI is InChI=1S/C13H17F2NO2/c1-8(16)10-4-5-11(17-7-9-2-3-9)12(6-10)18-13(14)15/h4-6,8-9,13H,2-3,7,16H2,1H3/t8-/m1/s1. The summed E-state index contributed by atoms with van der Waals surface area (Å²) in [6.45, 7) is -0.528. The van der Waals surface area contributed by atoms with E-state index in [1.54, 1.807) is 19.1 Å². The van der Waals surface area contributed by atoms with Crippen LogP contribution in [0.2, 0.25) is 0 Å². The second kappa shape index (κ2) is 5.52. The van der Waals surface area contributed by atoms with Crippen molar-refractivity contribution in [2.45, 2.75) is 32.4 Å². The topological polar surface area (TPSA) is 44.5 Å². The van der Waals surface area contributed by atoms with E-state index in [0.29, 0.717) is 18.3 Å². The summed E-state index contributed by atoms with van der Waals surface area (Å²) in [7, 11) is 0. The van der Waals surface area contributed by atoms with Gasteiger partial charge in [0, 0.05) is 6.04 Å². The minimum absolute atomic E-state index is 0.0560. The number of ether oxygens (including phenoxy) is 2. The first-order valence-electron chi connectivity index (χ1n) is 6.03. The van der Waals surface area contributed by atoms with E-state index in [1.165, 1.54) is 6.07 Å². The largest absolute Gasteiger partial charge is 0.489 e. The van der Waals surface area contributed by atoms with Crippen molar-refractivity contribution in [3.8, 4) is 11.5 Å². The Kier molecular flexibility index (Phi) is 4.01. The first-order chi connectivity index (χ1) is 8.56. The average molecular weight is 257 g/mol. The van der Waals surface area contributed by atoms with Crippen LogP contribution in [-0.4, -0.2) is 13.2 Å². The highest BCUT2D eigenvalue weighted by atomic mass is 19.3. The Morgan fingerprint density at radius 3 is 2.61 bits per heavy atom. The van der Waals surface area contributed by atoms with Crippen molar-refractivity contribution in [1.29, 1.82) is 0 Å². The molecule has 1 aliphatic rings. The Morgan fingerprint density at radius 2 is 2.06 bits per heavy atom. The van der Waals surface area contributed by atoms with Gasteiger partial charge in [0.2, 0.25) is 0 Å². The normalized spacial score (nSPS) is 16.7. The second-order valence-electron chi connectivity index (χ2n) is 4.63. The van der Waals surface area contributed by atoms with E-state index in [0.717, 1.165) is 18.4 Å². The lowest BCUT2D eigenvalue weighted by Crippen LogP contribution is -2.09. The van der Waals surface area contributed by atoms with Crippen LogP contribution in [0.4, 0.5) is 8.78 Å². The van der Waals surface area contributed by atoms with Crippen molar-refractivity contribution >= 4 is 0 Å². The molecule has 0 unspecified atom stereocenters. The van der Waals surface area contributed by atoms with Gasteiger partial charge in [-0.25, -0.2) is 0 Å². The molecule has 0 spiro atoms. The molecule has 0 heterocycles. The Labute approximate surface area is 105 Å². The number of benzene rings is 1. The van der Waals surface area contributed by atoms with Gasteiger partial charge in [0.05, 0.1) is 6.61 Å². The monoisotopic (exact) mass is 257 g/mol. The summed E-state index contributed by atoms with van der Waals surface area (Å²) in [5, 5.41) is 0. The highest BCUT2D eigenvalue weighted by molar-refractivity contribution is 5.43. The lowest BCUT2D eigenvalue weighted by molar-refractivity contribution is -0.0515. The molecule has 0 saturated heterocycles. The van der Waals surface area contributed by atoms with Crippen molar-refractivity contribution in [3.63, 3.8) is 0 Å². The van der Waals surface area contributed by atoms with Crippen molar-refractivity contribution in [3.05, 3.63) is 23.8 Å². The third kappa shape index (κ3) is 3.57. The number of nitrogens with two attached hydrogens (primary N) is 1. The molecule has 1 fully saturated rings. The van der Waals surface area contributed by atoms with E-state index in [4.69, 9.17) is 10.5 Å². The maximum absolute atomic E-state index is 12.3. The first-order valence-corrected chi connectivity index (χ1v) is 6.03. The van der Waals surface area contributed by atoms with E-state index < -0.39 is 6.61 Å². The number of hydrogen-bond donors (Lipinski definition) is 1. The molecule has 2 rings (SSSR count). The maximum atomic E-state index is 12.3. The van der Waals surface area contributed by atoms with E-state index in [-0.39, 0.29) is 11.8 Å². The lowest BCUT2D eigenvalue weighted by atomic mass is 10.1. The Morgan fingerprint density at radius 1 is 1.33 bits per heavy atom. The predicted octanol–water partition coefficient (Wildman–Crippen LogP) is 3.10. The number of halogens is 2. The summed E-state index contributed by atoms with van der Waals surface area (Å²) in [5.74, 6) is 0.963. The van der Waals surface area contributed by atoms with Crippen LogP contribution in [0.25, 0.3) is 0 Å². The van der Waals surface area contributed by atoms with Crippen molar-refractivity contribution < 1.29 is 18.3 Å². The van der Waals surface area contributed by atoms with Gasteiger partial charge < -0.3 is 15.2 Å². The zero-order chi connectivity index (χ0) is 13.1. The molecule has 1 aliphatic carbocycles. The lowest BCUT2D eigenvalue weighted by Gasteiger charge is -2.14. The van der Waals surface area contributed by atoms with Gasteiger partial charge in [-0.1, -0.05) is 6.07 Å². The third-order valence-corrected chi connectivity index (χ3v) is 2.88. The zero-order valence-corrected chi connectivity index (χ0v) is 10.2. The SMILES string of the molecule is C[C@@H](N)c1ccc(OCC2CC2)c(OC(F)F)c1. The second-order valence-corrected chi connectivity index (χ2v) is 4.63. The van der Waals surface area contributed by atoms with Crippen molar-refractivity contribution in [2.24, 2.45) is 11.7 Å². The van der Waals surface area contributed by atoms with Crippen LogP contribution in [0.5, 0.6) is 11.5 Å². The molecule has 0 bridgehead atoms. The average Bonchev–Trinajstić information content (AvgIpc) is 3.10. The summed E-state index contributed by atoms with van der Waals surface area (Å²) in [5.41, 5.74) is 6.45. The molecule has 0 amide bonds. The number of hydrogen-bond acceptors (Lipinski definition) is 3. The van der Waals surface area contributed by atoms with Gasteiger partial charge in [-0.3, -0.25) is 0 Å². The highest BCUT2D eigenvalue weighted by Crippen LogP contribution is 2.34. The molecule has 0 aliphatic heterocycles. The third-order valence-electron chi connectivity index (χ3n) is 2.88. The summed E-state index contributed by atoms with van der Waals surface area (Å²) in [6, 6.07) is 4.69. The summed E-state index contributed by atoms with van der Waals surface area (Å²) >= 11 is 0. The smallest absolute Gasteiger partial charge is 0.387 e. The summed E-state index contributed by atoms with van der Waals surface area (Å²) in [6.07, 6.45) is 2.28. The predicted molar refractivity (Wildman–Crippen MR) is 63.9 cm³/mol. The van der Waals surface area contributed by atoms with Gasteiger partial charge in [0.15, 0.2) is 11.5 Å². The summed E-state index contributed by atoms with van der Waals surface area (Å²) in [4.78, 5) is 0. The fraction of sp³-hybridized carbons (Fsp3) is 0.538. The van der Waals surface area contributed by atoms with Crippen LogP contribution < -0.4 is 15.2 Å². The fourth-order valence-electron chi connectivity index (χ4n) is 1.61. The molecule has 3 nitrogen and oxygen atoms in total. The van der Waals surface area contributed by atoms with E-state index in [9.17, 15) is 8.78 Å². The van der Waals surface area contributed by atoms with Crippen LogP contribution in [-0.2, 0) is 0 Å². The molecule has 100 valence electrons. The minimum atomic E-state index is -2.86. The molecule has 5 heteroatoms. The number of rotatable bonds is 6. The Bertz CT molecular complexity index is 406. The van der Waals surface area contributed by atoms with Crippen LogP contribution in [0, 0.1) is 5.92 Å². The summed E-state index contributed by atoms with van der Waals surface area (Å²) < 4.78 is 34.6. The van der Waals surface area contributed by atoms with Gasteiger partial charge in [-0.2, -0.15) is 8.78 Å². The van der Waals surface area contributed by atoms with Gasteiger partial charge in [0.1, 0.15) is 0 Å². The van der Waals surface area contributed by atoms with Crippen LogP contribution in [0.3, 0.4) is 0 Å². The Balaban J connectivity index is 2.13. The molecule has 2 N–H and O–H groups in total. The molecule has 1 atom stereocenters. The molecule has 0 aromatic heterocycles. The quantitative estimate of drug-likeness (QED) is 0.851. The van der Waals surface area contributed by atoms with Crippen molar-refractivity contribution in [1.82, 2.24) is 0 Å². The van der Waals surface area contributed by atoms with E-state index in [1.807, 2.05) is 0 Å². The van der Waals surface area contributed by atoms with Crippen LogP contribution >= 0.6 is 0 Å². The molecule has 1 aromatic carbocycles. The maximum Gasteiger partial charge on any atom is 0.387 e. The van der Waals surface area contributed by atoms with Gasteiger partial charge >= 0.3 is 6.61 Å². The first kappa shape index (κ1) is 13.1. The zero-order valence-electron chi connectivity index (χ0n) is 10.2. The van der Waals surface area contributed by atoms with Crippen molar-refractivity contribution in [2.75, 3.05) is 6.61 Å². The fourth-order valence-corrected chi connectivity index (χ4v) is 1.61. The molecule has 1 saturated carbocycles. The van der Waals surface area contributed by atoms with Crippen LogP contribution in [0.1, 0.15) is 31.4 Å². The Hall–Kier alpha value is -1.36. The molecular formula is C13H17F2NO2. The van der Waals surface area contributed by atoms with Gasteiger partial charge in [-0.15, -0.1) is 0 Å². The molecule has 1 aromatic rings. The van der Waals surface area contributed by atoms with Gasteiger partial charge in [0.25, 0.3) is 0 Å². The van der Waals surface area contributed by atoms with E-state index in [2.05, 4.69) is 4.74 Å². The molecule has 0 radical (unpaired) electrons. The van der Waals surface area contributed by atoms with Gasteiger partial charge in [-0.05, 0) is 43.4 Å². The molecule has 18 heavy (non-hydrogen) atoms. The molecular weight excluding hydrogens is 240 g/mol. The minimum Gasteiger partial charge on any atom is -0.489 e. The highest BCUT2D eigenvalue weighted by Gasteiger charge is 2.23. The van der Waals surface area contributed by atoms with E-state index >= 15 is 0 Å². The number of alkyl halides is 2. The van der Waals surface area contributed by atoms with Crippen LogP contribution in [0.15, 0.2) is 18.2 Å².